The van der Waals surface area contributed by atoms with Gasteiger partial charge in [0.2, 0.25) is 0 Å². The summed E-state index contributed by atoms with van der Waals surface area (Å²) in [5.41, 5.74) is 0.175. The zero-order valence-electron chi connectivity index (χ0n) is 16.5. The molecular weight excluding hydrogens is 419 g/mol. The van der Waals surface area contributed by atoms with Gasteiger partial charge in [-0.1, -0.05) is 12.1 Å². The van der Waals surface area contributed by atoms with Crippen LogP contribution in [0.4, 0.5) is 10.1 Å². The standard InChI is InChI=1S/C19H21FN2O7S/c1-9(23)26-8-14(27-10(2)24)16-17(28-11(3)25)15-18(29-16)22(19(30)21-15)13-7-5-4-6-12(13)20/h4-7,14-18H,8H2,1-3H3,(H,21,30)/t14-,15-,16-,17-,18+/m1/s1. The molecule has 3 rings (SSSR count). The van der Waals surface area contributed by atoms with Crippen molar-refractivity contribution in [1.29, 1.82) is 0 Å². The van der Waals surface area contributed by atoms with Gasteiger partial charge in [0.05, 0.1) is 5.69 Å². The van der Waals surface area contributed by atoms with Gasteiger partial charge in [0.15, 0.2) is 23.5 Å². The summed E-state index contributed by atoms with van der Waals surface area (Å²) in [6.45, 7) is 3.31. The third-order valence-electron chi connectivity index (χ3n) is 4.59. The lowest BCUT2D eigenvalue weighted by atomic mass is 10.0. The van der Waals surface area contributed by atoms with E-state index in [0.29, 0.717) is 0 Å². The molecule has 2 aliphatic heterocycles. The van der Waals surface area contributed by atoms with Crippen molar-refractivity contribution in [2.75, 3.05) is 11.5 Å². The van der Waals surface area contributed by atoms with Gasteiger partial charge in [-0.3, -0.25) is 19.3 Å². The lowest BCUT2D eigenvalue weighted by Gasteiger charge is -2.29. The van der Waals surface area contributed by atoms with Gasteiger partial charge in [0, 0.05) is 20.8 Å². The Hall–Kier alpha value is -2.79. The quantitative estimate of drug-likeness (QED) is 0.392. The van der Waals surface area contributed by atoms with Crippen LogP contribution >= 0.6 is 12.2 Å². The molecule has 0 aliphatic carbocycles. The fourth-order valence-corrected chi connectivity index (χ4v) is 3.86. The zero-order chi connectivity index (χ0) is 22.0. The van der Waals surface area contributed by atoms with Crippen LogP contribution in [0.25, 0.3) is 0 Å². The van der Waals surface area contributed by atoms with E-state index in [4.69, 9.17) is 31.2 Å². The smallest absolute Gasteiger partial charge is 0.303 e. The minimum absolute atomic E-state index is 0.175. The average Bonchev–Trinajstić information content (AvgIpc) is 3.14. The predicted molar refractivity (Wildman–Crippen MR) is 105 cm³/mol. The summed E-state index contributed by atoms with van der Waals surface area (Å²) in [6, 6.07) is 5.34. The van der Waals surface area contributed by atoms with E-state index in [1.165, 1.54) is 37.8 Å². The second kappa shape index (κ2) is 8.92. The highest BCUT2D eigenvalue weighted by atomic mass is 32.1. The summed E-state index contributed by atoms with van der Waals surface area (Å²) >= 11 is 5.34. The van der Waals surface area contributed by atoms with E-state index in [1.807, 2.05) is 0 Å². The molecule has 11 heteroatoms. The fourth-order valence-electron chi connectivity index (χ4n) is 3.53. The topological polar surface area (TPSA) is 103 Å². The van der Waals surface area contributed by atoms with Gasteiger partial charge in [-0.2, -0.15) is 0 Å². The molecule has 162 valence electrons. The Labute approximate surface area is 177 Å². The Morgan fingerprint density at radius 3 is 2.50 bits per heavy atom. The summed E-state index contributed by atoms with van der Waals surface area (Å²) in [5, 5.41) is 3.18. The van der Waals surface area contributed by atoms with Crippen LogP contribution < -0.4 is 10.2 Å². The van der Waals surface area contributed by atoms with Crippen LogP contribution in [0, 0.1) is 5.82 Å². The second-order valence-corrected chi connectivity index (χ2v) is 7.20. The maximum Gasteiger partial charge on any atom is 0.303 e. The molecule has 2 heterocycles. The monoisotopic (exact) mass is 440 g/mol. The van der Waals surface area contributed by atoms with Crippen molar-refractivity contribution in [1.82, 2.24) is 5.32 Å². The van der Waals surface area contributed by atoms with Gasteiger partial charge in [-0.25, -0.2) is 4.39 Å². The number of rotatable bonds is 6. The van der Waals surface area contributed by atoms with E-state index < -0.39 is 54.3 Å². The van der Waals surface area contributed by atoms with Gasteiger partial charge in [-0.05, 0) is 24.4 Å². The predicted octanol–water partition coefficient (Wildman–Crippen LogP) is 1.04. The highest BCUT2D eigenvalue weighted by Gasteiger charge is 2.57. The second-order valence-electron chi connectivity index (χ2n) is 6.81. The van der Waals surface area contributed by atoms with Crippen molar-refractivity contribution in [3.63, 3.8) is 0 Å². The van der Waals surface area contributed by atoms with Crippen LogP contribution in [0.2, 0.25) is 0 Å². The van der Waals surface area contributed by atoms with Crippen molar-refractivity contribution in [2.24, 2.45) is 0 Å². The van der Waals surface area contributed by atoms with Crippen LogP contribution in [-0.4, -0.2) is 60.2 Å². The number of fused-ring (bicyclic) bond motifs is 1. The number of thiocarbonyl (C=S) groups is 1. The summed E-state index contributed by atoms with van der Waals surface area (Å²) < 4.78 is 36.2. The Morgan fingerprint density at radius 2 is 1.90 bits per heavy atom. The number of nitrogens with one attached hydrogen (secondary N) is 1. The van der Waals surface area contributed by atoms with E-state index in [9.17, 15) is 18.8 Å². The van der Waals surface area contributed by atoms with Crippen molar-refractivity contribution in [3.05, 3.63) is 30.1 Å². The van der Waals surface area contributed by atoms with E-state index in [-0.39, 0.29) is 17.4 Å². The maximum absolute atomic E-state index is 14.4. The molecule has 1 aromatic carbocycles. The van der Waals surface area contributed by atoms with Crippen molar-refractivity contribution in [2.45, 2.75) is 51.4 Å². The van der Waals surface area contributed by atoms with E-state index in [2.05, 4.69) is 5.32 Å². The summed E-state index contributed by atoms with van der Waals surface area (Å²) in [7, 11) is 0. The number of hydrogen-bond acceptors (Lipinski definition) is 8. The maximum atomic E-state index is 14.4. The first-order valence-electron chi connectivity index (χ1n) is 9.16. The fraction of sp³-hybridized carbons (Fsp3) is 0.474. The zero-order valence-corrected chi connectivity index (χ0v) is 17.3. The molecule has 0 spiro atoms. The normalized spacial score (nSPS) is 25.9. The summed E-state index contributed by atoms with van der Waals surface area (Å²) in [6.07, 6.45) is -3.84. The molecule has 1 aromatic rings. The number of carbonyl (C=O) groups is 3. The number of anilines is 1. The molecule has 1 N–H and O–H groups in total. The SMILES string of the molecule is CC(=O)OC[C@@H](OC(C)=O)[C@H]1O[C@H]2[C@H](NC(=S)N2c2ccccc2F)[C@H]1OC(C)=O. The molecule has 0 amide bonds. The van der Waals surface area contributed by atoms with E-state index in [0.717, 1.165) is 0 Å². The Morgan fingerprint density at radius 1 is 1.20 bits per heavy atom. The third-order valence-corrected chi connectivity index (χ3v) is 4.91. The number of ether oxygens (including phenoxy) is 4. The molecule has 0 radical (unpaired) electrons. The molecule has 2 saturated heterocycles. The minimum Gasteiger partial charge on any atom is -0.462 e. The van der Waals surface area contributed by atoms with Gasteiger partial charge < -0.3 is 24.3 Å². The number of hydrogen-bond donors (Lipinski definition) is 1. The van der Waals surface area contributed by atoms with E-state index >= 15 is 0 Å². The number of para-hydroxylation sites is 1. The Balaban J connectivity index is 1.93. The lowest BCUT2D eigenvalue weighted by Crippen LogP contribution is -2.49. The number of carbonyl (C=O) groups excluding carboxylic acids is 3. The number of benzene rings is 1. The van der Waals surface area contributed by atoms with Crippen molar-refractivity contribution < 1.29 is 37.7 Å². The first-order chi connectivity index (χ1) is 14.2. The Kier molecular flexibility index (Phi) is 6.52. The average molecular weight is 440 g/mol. The highest BCUT2D eigenvalue weighted by Crippen LogP contribution is 2.37. The molecule has 0 bridgehead atoms. The number of nitrogens with zero attached hydrogens (tertiary/aromatic N) is 1. The van der Waals surface area contributed by atoms with Crippen LogP contribution in [-0.2, 0) is 33.3 Å². The molecule has 9 nitrogen and oxygen atoms in total. The van der Waals surface area contributed by atoms with Crippen LogP contribution in [0.3, 0.4) is 0 Å². The van der Waals surface area contributed by atoms with Gasteiger partial charge >= 0.3 is 17.9 Å². The largest absolute Gasteiger partial charge is 0.462 e. The molecule has 30 heavy (non-hydrogen) atoms. The number of esters is 3. The molecule has 0 saturated carbocycles. The minimum atomic E-state index is -1.06. The van der Waals surface area contributed by atoms with Gasteiger partial charge in [-0.15, -0.1) is 0 Å². The molecule has 0 unspecified atom stereocenters. The Bertz CT molecular complexity index is 867. The van der Waals surface area contributed by atoms with Crippen LogP contribution in [0.5, 0.6) is 0 Å². The van der Waals surface area contributed by atoms with Crippen molar-refractivity contribution in [3.8, 4) is 0 Å². The molecule has 2 aliphatic rings. The summed E-state index contributed by atoms with van der Waals surface area (Å²) in [4.78, 5) is 36.0. The molecule has 5 atom stereocenters. The first-order valence-corrected chi connectivity index (χ1v) is 9.57. The molecule has 0 aromatic heterocycles. The first kappa shape index (κ1) is 21.9. The molecule has 2 fully saturated rings. The van der Waals surface area contributed by atoms with Gasteiger partial charge in [0.25, 0.3) is 0 Å². The van der Waals surface area contributed by atoms with E-state index in [1.54, 1.807) is 12.1 Å². The summed E-state index contributed by atoms with van der Waals surface area (Å²) in [5.74, 6) is -2.33. The van der Waals surface area contributed by atoms with Crippen LogP contribution in [0.1, 0.15) is 20.8 Å². The third kappa shape index (κ3) is 4.51. The highest BCUT2D eigenvalue weighted by molar-refractivity contribution is 7.80. The van der Waals surface area contributed by atoms with Crippen LogP contribution in [0.15, 0.2) is 24.3 Å². The van der Waals surface area contributed by atoms with Gasteiger partial charge in [0.1, 0.15) is 24.6 Å². The lowest BCUT2D eigenvalue weighted by molar-refractivity contribution is -0.174. The molecular formula is C19H21FN2O7S. The number of halogens is 1. The van der Waals surface area contributed by atoms with Crippen molar-refractivity contribution >= 4 is 40.9 Å².